The van der Waals surface area contributed by atoms with Gasteiger partial charge in [-0.25, -0.2) is 9.78 Å². The first-order chi connectivity index (χ1) is 16.5. The molecule has 1 aliphatic rings. The van der Waals surface area contributed by atoms with Crippen LogP contribution in [-0.4, -0.2) is 96.5 Å². The van der Waals surface area contributed by atoms with E-state index in [-0.39, 0.29) is 25.8 Å². The number of aromatic amines is 1. The number of likely N-dealkylation sites (tertiary alicyclic amines) is 1. The largest absolute Gasteiger partial charge is 0.481 e. The van der Waals surface area contributed by atoms with Crippen molar-refractivity contribution in [1.82, 2.24) is 25.5 Å². The summed E-state index contributed by atoms with van der Waals surface area (Å²) in [7, 11) is 0. The zero-order chi connectivity index (χ0) is 26.1. The summed E-state index contributed by atoms with van der Waals surface area (Å²) in [6.07, 6.45) is 1.77. The minimum absolute atomic E-state index is 0.126. The second-order valence-electron chi connectivity index (χ2n) is 8.07. The van der Waals surface area contributed by atoms with Gasteiger partial charge in [-0.3, -0.25) is 24.0 Å². The van der Waals surface area contributed by atoms with Crippen molar-refractivity contribution in [2.24, 2.45) is 5.73 Å². The highest BCUT2D eigenvalue weighted by molar-refractivity contribution is 5.95. The van der Waals surface area contributed by atoms with Gasteiger partial charge in [0.1, 0.15) is 18.1 Å². The van der Waals surface area contributed by atoms with Gasteiger partial charge in [0.15, 0.2) is 0 Å². The molecule has 2 rings (SSSR count). The lowest BCUT2D eigenvalue weighted by Crippen LogP contribution is -2.57. The van der Waals surface area contributed by atoms with E-state index in [1.165, 1.54) is 12.5 Å². The maximum Gasteiger partial charge on any atom is 0.326 e. The van der Waals surface area contributed by atoms with E-state index in [0.717, 1.165) is 4.90 Å². The van der Waals surface area contributed by atoms with E-state index in [4.69, 9.17) is 15.9 Å². The number of amides is 3. The smallest absolute Gasteiger partial charge is 0.326 e. The molecule has 3 amide bonds. The molecule has 15 heteroatoms. The van der Waals surface area contributed by atoms with Crippen LogP contribution in [-0.2, 0) is 35.2 Å². The van der Waals surface area contributed by atoms with Crippen LogP contribution in [0.1, 0.15) is 37.8 Å². The number of imidazole rings is 1. The van der Waals surface area contributed by atoms with Crippen molar-refractivity contribution in [2.75, 3.05) is 6.54 Å². The second-order valence-corrected chi connectivity index (χ2v) is 8.07. The third-order valence-electron chi connectivity index (χ3n) is 5.43. The summed E-state index contributed by atoms with van der Waals surface area (Å²) in [5, 5.41) is 32.0. The van der Waals surface area contributed by atoms with Crippen LogP contribution < -0.4 is 16.4 Å². The van der Waals surface area contributed by atoms with Crippen molar-refractivity contribution in [3.63, 3.8) is 0 Å². The predicted octanol–water partition coefficient (Wildman–Crippen LogP) is -2.34. The molecule has 0 spiro atoms. The van der Waals surface area contributed by atoms with Crippen molar-refractivity contribution in [2.45, 2.75) is 62.7 Å². The van der Waals surface area contributed by atoms with E-state index in [2.05, 4.69) is 20.6 Å². The number of hydrogen-bond donors (Lipinski definition) is 7. The van der Waals surface area contributed by atoms with Gasteiger partial charge in [0.25, 0.3) is 0 Å². The van der Waals surface area contributed by atoms with Crippen molar-refractivity contribution in [3.8, 4) is 0 Å². The van der Waals surface area contributed by atoms with E-state index >= 15 is 0 Å². The molecule has 1 aromatic heterocycles. The fourth-order valence-corrected chi connectivity index (χ4v) is 3.67. The summed E-state index contributed by atoms with van der Waals surface area (Å²) in [4.78, 5) is 79.6. The van der Waals surface area contributed by atoms with E-state index in [9.17, 15) is 33.9 Å². The summed E-state index contributed by atoms with van der Waals surface area (Å²) >= 11 is 0. The fraction of sp³-hybridized carbons (Fsp3) is 0.550. The molecule has 0 radical (unpaired) electrons. The fourth-order valence-electron chi connectivity index (χ4n) is 3.67. The minimum Gasteiger partial charge on any atom is -0.481 e. The quantitative estimate of drug-likeness (QED) is 0.152. The summed E-state index contributed by atoms with van der Waals surface area (Å²) in [5.41, 5.74) is 6.00. The Hall–Kier alpha value is -4.01. The van der Waals surface area contributed by atoms with Crippen LogP contribution in [0.4, 0.5) is 0 Å². The molecular formula is C20H28N6O9. The molecular weight excluding hydrogens is 468 g/mol. The van der Waals surface area contributed by atoms with Crippen molar-refractivity contribution >= 4 is 35.6 Å². The highest BCUT2D eigenvalue weighted by Gasteiger charge is 2.38. The summed E-state index contributed by atoms with van der Waals surface area (Å²) in [6, 6.07) is -5.24. The molecule has 15 nitrogen and oxygen atoms in total. The molecule has 1 saturated heterocycles. The molecule has 35 heavy (non-hydrogen) atoms. The van der Waals surface area contributed by atoms with Crippen molar-refractivity contribution in [1.29, 1.82) is 0 Å². The van der Waals surface area contributed by atoms with Gasteiger partial charge in [-0.15, -0.1) is 0 Å². The van der Waals surface area contributed by atoms with Gasteiger partial charge in [0.05, 0.1) is 18.8 Å². The first kappa shape index (κ1) is 27.2. The SMILES string of the molecule is NC(CC(=O)O)C(=O)NC(Cc1cnc[nH]1)C(=O)NC(CCC(=O)O)C(=O)N1CCCC1C(=O)O. The Balaban J connectivity index is 2.22. The lowest BCUT2D eigenvalue weighted by molar-refractivity contribution is -0.150. The minimum atomic E-state index is -1.45. The second kappa shape index (κ2) is 12.5. The van der Waals surface area contributed by atoms with Gasteiger partial charge in [-0.05, 0) is 19.3 Å². The third-order valence-corrected chi connectivity index (χ3v) is 5.43. The lowest BCUT2D eigenvalue weighted by Gasteiger charge is -2.28. The Kier molecular flexibility index (Phi) is 9.69. The van der Waals surface area contributed by atoms with Gasteiger partial charge in [-0.1, -0.05) is 0 Å². The van der Waals surface area contributed by atoms with Gasteiger partial charge in [-0.2, -0.15) is 0 Å². The summed E-state index contributed by atoms with van der Waals surface area (Å²) in [6.45, 7) is 0.133. The average Bonchev–Trinajstić information content (AvgIpc) is 3.46. The van der Waals surface area contributed by atoms with E-state index in [1.807, 2.05) is 0 Å². The molecule has 0 bridgehead atoms. The van der Waals surface area contributed by atoms with Crippen LogP contribution in [0.5, 0.6) is 0 Å². The van der Waals surface area contributed by atoms with Gasteiger partial charge >= 0.3 is 17.9 Å². The van der Waals surface area contributed by atoms with Crippen LogP contribution in [0, 0.1) is 0 Å². The Morgan fingerprint density at radius 2 is 1.77 bits per heavy atom. The maximum absolute atomic E-state index is 13.1. The van der Waals surface area contributed by atoms with Crippen molar-refractivity contribution in [3.05, 3.63) is 18.2 Å². The Bertz CT molecular complexity index is 951. The molecule has 4 atom stereocenters. The number of H-pyrrole nitrogens is 1. The first-order valence-electron chi connectivity index (χ1n) is 10.8. The average molecular weight is 496 g/mol. The predicted molar refractivity (Wildman–Crippen MR) is 116 cm³/mol. The van der Waals surface area contributed by atoms with Crippen LogP contribution in [0.15, 0.2) is 12.5 Å². The lowest BCUT2D eigenvalue weighted by atomic mass is 10.1. The number of nitrogens with two attached hydrogens (primary N) is 1. The number of carboxylic acid groups (broad SMARTS) is 3. The molecule has 4 unspecified atom stereocenters. The number of aromatic nitrogens is 2. The summed E-state index contributed by atoms with van der Waals surface area (Å²) < 4.78 is 0. The number of aliphatic carboxylic acids is 3. The Morgan fingerprint density at radius 1 is 1.09 bits per heavy atom. The monoisotopic (exact) mass is 496 g/mol. The van der Waals surface area contributed by atoms with Gasteiger partial charge in [0, 0.05) is 31.3 Å². The zero-order valence-corrected chi connectivity index (χ0v) is 18.7. The first-order valence-corrected chi connectivity index (χ1v) is 10.8. The molecule has 1 aliphatic heterocycles. The molecule has 1 fully saturated rings. The van der Waals surface area contributed by atoms with Crippen LogP contribution in [0.2, 0.25) is 0 Å². The number of nitrogens with zero attached hydrogens (tertiary/aromatic N) is 2. The third kappa shape index (κ3) is 8.06. The number of hydrogen-bond acceptors (Lipinski definition) is 8. The van der Waals surface area contributed by atoms with E-state index in [1.54, 1.807) is 0 Å². The molecule has 0 saturated carbocycles. The highest BCUT2D eigenvalue weighted by Crippen LogP contribution is 2.20. The Morgan fingerprint density at radius 3 is 2.34 bits per heavy atom. The normalized spacial score (nSPS) is 17.7. The number of carbonyl (C=O) groups is 6. The van der Waals surface area contributed by atoms with Crippen LogP contribution in [0.25, 0.3) is 0 Å². The van der Waals surface area contributed by atoms with Crippen LogP contribution in [0.3, 0.4) is 0 Å². The number of carboxylic acids is 3. The Labute approximate surface area is 199 Å². The molecule has 2 heterocycles. The molecule has 0 aliphatic carbocycles. The van der Waals surface area contributed by atoms with Gasteiger partial charge in [0.2, 0.25) is 17.7 Å². The topological polar surface area (TPSA) is 245 Å². The number of carbonyl (C=O) groups excluding carboxylic acids is 3. The maximum atomic E-state index is 13.1. The molecule has 8 N–H and O–H groups in total. The molecule has 1 aromatic rings. The van der Waals surface area contributed by atoms with Crippen LogP contribution >= 0.6 is 0 Å². The zero-order valence-electron chi connectivity index (χ0n) is 18.7. The van der Waals surface area contributed by atoms with E-state index < -0.39 is 72.6 Å². The van der Waals surface area contributed by atoms with E-state index in [0.29, 0.717) is 12.1 Å². The summed E-state index contributed by atoms with van der Waals surface area (Å²) in [5.74, 6) is -6.30. The highest BCUT2D eigenvalue weighted by atomic mass is 16.4. The van der Waals surface area contributed by atoms with Gasteiger partial charge < -0.3 is 41.6 Å². The molecule has 0 aromatic carbocycles. The number of rotatable bonds is 13. The standard InChI is InChI=1S/C20H28N6O9/c21-11(7-16(29)30)17(31)25-13(6-10-8-22-9-23-10)18(32)24-12(3-4-15(27)28)19(33)26-5-1-2-14(26)20(34)35/h8-9,11-14H,1-7,21H2,(H,22,23)(H,24,32)(H,25,31)(H,27,28)(H,29,30)(H,34,35). The molecule has 192 valence electrons. The number of nitrogens with one attached hydrogen (secondary N) is 3. The van der Waals surface area contributed by atoms with Crippen molar-refractivity contribution < 1.29 is 44.1 Å².